The lowest BCUT2D eigenvalue weighted by molar-refractivity contribution is -0.138. The molecule has 2 aromatic rings. The minimum Gasteiger partial charge on any atom is -0.462 e. The zero-order chi connectivity index (χ0) is 19.6. The number of carbonyl (C=O) groups excluding carboxylic acids is 2. The Hall–Kier alpha value is -2.37. The normalized spacial score (nSPS) is 15.6. The maximum atomic E-state index is 13.2. The Kier molecular flexibility index (Phi) is 5.82. The number of nitrogens with zero attached hydrogens (tertiary/aromatic N) is 1. The predicted molar refractivity (Wildman–Crippen MR) is 110 cm³/mol. The van der Waals surface area contributed by atoms with E-state index in [-0.39, 0.29) is 18.1 Å². The predicted octanol–water partition coefficient (Wildman–Crippen LogP) is 5.37. The molecule has 0 saturated carbocycles. The first-order chi connectivity index (χ1) is 12.9. The molecule has 27 heavy (non-hydrogen) atoms. The Balaban J connectivity index is 2.11. The fourth-order valence-corrected chi connectivity index (χ4v) is 3.30. The Morgan fingerprint density at radius 1 is 1.15 bits per heavy atom. The first-order valence-corrected chi connectivity index (χ1v) is 9.55. The van der Waals surface area contributed by atoms with Crippen LogP contribution in [0.15, 0.2) is 69.8 Å². The lowest BCUT2D eigenvalue weighted by atomic mass is 10.0. The molecule has 6 heteroatoms. The number of amides is 1. The van der Waals surface area contributed by atoms with Gasteiger partial charge >= 0.3 is 5.97 Å². The summed E-state index contributed by atoms with van der Waals surface area (Å²) in [6.45, 7) is 3.71. The highest BCUT2D eigenvalue weighted by Crippen LogP contribution is 2.36. The Morgan fingerprint density at radius 3 is 2.37 bits per heavy atom. The summed E-state index contributed by atoms with van der Waals surface area (Å²) in [5.41, 5.74) is 2.58. The van der Waals surface area contributed by atoms with Gasteiger partial charge in [-0.3, -0.25) is 9.69 Å². The van der Waals surface area contributed by atoms with Gasteiger partial charge in [-0.2, -0.15) is 0 Å². The van der Waals surface area contributed by atoms with Crippen molar-refractivity contribution in [2.75, 3.05) is 11.5 Å². The van der Waals surface area contributed by atoms with E-state index in [1.807, 2.05) is 24.3 Å². The van der Waals surface area contributed by atoms with Crippen LogP contribution in [0.5, 0.6) is 0 Å². The Labute approximate surface area is 171 Å². The average Bonchev–Trinajstić information content (AvgIpc) is 2.88. The average molecular weight is 447 g/mol. The molecular weight excluding hydrogens is 430 g/mol. The van der Waals surface area contributed by atoms with Crippen LogP contribution >= 0.6 is 27.5 Å². The number of hydrogen-bond acceptors (Lipinski definition) is 3. The van der Waals surface area contributed by atoms with Crippen LogP contribution in [0.1, 0.15) is 19.4 Å². The number of ether oxygens (including phenoxy) is 1. The molecule has 0 aromatic heterocycles. The number of esters is 1. The van der Waals surface area contributed by atoms with Crippen molar-refractivity contribution in [3.63, 3.8) is 0 Å². The highest BCUT2D eigenvalue weighted by molar-refractivity contribution is 9.10. The first kappa shape index (κ1) is 19.4. The largest absolute Gasteiger partial charge is 0.462 e. The molecule has 0 spiro atoms. The van der Waals surface area contributed by atoms with Gasteiger partial charge in [0.15, 0.2) is 0 Å². The summed E-state index contributed by atoms with van der Waals surface area (Å²) in [6.07, 6.45) is 1.69. The molecule has 1 amide bonds. The second-order valence-electron chi connectivity index (χ2n) is 5.91. The van der Waals surface area contributed by atoms with Crippen LogP contribution in [0.25, 0.3) is 6.08 Å². The lowest BCUT2D eigenvalue weighted by Gasteiger charge is -2.18. The molecule has 0 bridgehead atoms. The summed E-state index contributed by atoms with van der Waals surface area (Å²) in [5, 5.41) is 0.601. The van der Waals surface area contributed by atoms with Crippen LogP contribution in [0.4, 0.5) is 5.69 Å². The maximum Gasteiger partial charge on any atom is 0.340 e. The summed E-state index contributed by atoms with van der Waals surface area (Å²) in [7, 11) is 0. The van der Waals surface area contributed by atoms with Crippen molar-refractivity contribution >= 4 is 51.2 Å². The number of rotatable bonds is 4. The third-order valence-corrected chi connectivity index (χ3v) is 4.93. The van der Waals surface area contributed by atoms with Crippen LogP contribution in [-0.4, -0.2) is 18.5 Å². The van der Waals surface area contributed by atoms with Gasteiger partial charge in [0.1, 0.15) is 0 Å². The number of halogens is 2. The van der Waals surface area contributed by atoms with Crippen molar-refractivity contribution in [1.29, 1.82) is 0 Å². The van der Waals surface area contributed by atoms with Crippen LogP contribution < -0.4 is 4.90 Å². The van der Waals surface area contributed by atoms with Gasteiger partial charge in [0.25, 0.3) is 5.91 Å². The Bertz CT molecular complexity index is 946. The molecule has 0 N–H and O–H groups in total. The van der Waals surface area contributed by atoms with Gasteiger partial charge in [0.05, 0.1) is 17.8 Å². The van der Waals surface area contributed by atoms with E-state index >= 15 is 0 Å². The molecule has 0 radical (unpaired) electrons. The van der Waals surface area contributed by atoms with Gasteiger partial charge in [-0.25, -0.2) is 4.79 Å². The molecule has 4 nitrogen and oxygen atoms in total. The lowest BCUT2D eigenvalue weighted by Crippen LogP contribution is -2.24. The van der Waals surface area contributed by atoms with Gasteiger partial charge in [-0.05, 0) is 61.9 Å². The zero-order valence-electron chi connectivity index (χ0n) is 14.8. The third kappa shape index (κ3) is 3.99. The molecule has 0 fully saturated rings. The van der Waals surface area contributed by atoms with Gasteiger partial charge in [-0.1, -0.05) is 39.7 Å². The standard InChI is InChI=1S/C21H17BrClNO3/c1-3-27-21(26)19-13(2)24(17-10-6-15(22)7-11-17)20(25)18(19)12-14-4-8-16(23)9-5-14/h4-12H,3H2,1-2H3/b18-12-. The SMILES string of the molecule is CCOC(=O)C1=C(C)N(c2ccc(Br)cc2)C(=O)/C1=C\c1ccc(Cl)cc1. The minimum atomic E-state index is -0.511. The topological polar surface area (TPSA) is 46.6 Å². The van der Waals surface area contributed by atoms with Crippen LogP contribution in [0, 0.1) is 0 Å². The van der Waals surface area contributed by atoms with E-state index in [0.29, 0.717) is 22.0 Å². The summed E-state index contributed by atoms with van der Waals surface area (Å²) >= 11 is 9.32. The molecule has 138 valence electrons. The summed E-state index contributed by atoms with van der Waals surface area (Å²) in [6, 6.07) is 14.4. The van der Waals surface area contributed by atoms with Gasteiger partial charge in [-0.15, -0.1) is 0 Å². The van der Waals surface area contributed by atoms with Crippen molar-refractivity contribution in [2.24, 2.45) is 0 Å². The van der Waals surface area contributed by atoms with E-state index in [9.17, 15) is 9.59 Å². The molecule has 0 aliphatic carbocycles. The molecule has 1 aliphatic heterocycles. The van der Waals surface area contributed by atoms with Crippen molar-refractivity contribution in [1.82, 2.24) is 0 Å². The van der Waals surface area contributed by atoms with E-state index in [2.05, 4.69) is 15.9 Å². The second-order valence-corrected chi connectivity index (χ2v) is 7.26. The number of hydrogen-bond donors (Lipinski definition) is 0. The van der Waals surface area contributed by atoms with Crippen molar-refractivity contribution < 1.29 is 14.3 Å². The highest BCUT2D eigenvalue weighted by Gasteiger charge is 2.38. The smallest absolute Gasteiger partial charge is 0.340 e. The number of allylic oxidation sites excluding steroid dienone is 1. The zero-order valence-corrected chi connectivity index (χ0v) is 17.2. The molecular formula is C21H17BrClNO3. The quantitative estimate of drug-likeness (QED) is 0.468. The Morgan fingerprint density at radius 2 is 1.78 bits per heavy atom. The molecule has 0 atom stereocenters. The van der Waals surface area contributed by atoms with Crippen molar-refractivity contribution in [3.8, 4) is 0 Å². The fraction of sp³-hybridized carbons (Fsp3) is 0.143. The third-order valence-electron chi connectivity index (χ3n) is 4.15. The van der Waals surface area contributed by atoms with Crippen LogP contribution in [0.3, 0.4) is 0 Å². The van der Waals surface area contributed by atoms with Crippen LogP contribution in [-0.2, 0) is 14.3 Å². The highest BCUT2D eigenvalue weighted by atomic mass is 79.9. The second kappa shape index (κ2) is 8.11. The fourth-order valence-electron chi connectivity index (χ4n) is 2.91. The van der Waals surface area contributed by atoms with E-state index in [1.165, 1.54) is 4.90 Å². The van der Waals surface area contributed by atoms with Gasteiger partial charge in [0.2, 0.25) is 0 Å². The van der Waals surface area contributed by atoms with Crippen LogP contribution in [0.2, 0.25) is 5.02 Å². The molecule has 2 aromatic carbocycles. The maximum absolute atomic E-state index is 13.2. The monoisotopic (exact) mass is 445 g/mol. The molecule has 1 heterocycles. The first-order valence-electron chi connectivity index (χ1n) is 8.38. The van der Waals surface area contributed by atoms with Crippen molar-refractivity contribution in [2.45, 2.75) is 13.8 Å². The van der Waals surface area contributed by atoms with E-state index in [0.717, 1.165) is 10.0 Å². The van der Waals surface area contributed by atoms with E-state index in [1.54, 1.807) is 44.2 Å². The van der Waals surface area contributed by atoms with Gasteiger partial charge < -0.3 is 4.74 Å². The molecule has 3 rings (SSSR count). The van der Waals surface area contributed by atoms with E-state index in [4.69, 9.17) is 16.3 Å². The van der Waals surface area contributed by atoms with Crippen molar-refractivity contribution in [3.05, 3.63) is 80.4 Å². The molecule has 1 aliphatic rings. The molecule has 0 unspecified atom stereocenters. The van der Waals surface area contributed by atoms with Gasteiger partial charge in [0, 0.05) is 20.9 Å². The summed E-state index contributed by atoms with van der Waals surface area (Å²) in [5.74, 6) is -0.781. The van der Waals surface area contributed by atoms with E-state index < -0.39 is 5.97 Å². The summed E-state index contributed by atoms with van der Waals surface area (Å²) < 4.78 is 6.09. The minimum absolute atomic E-state index is 0.232. The number of benzene rings is 2. The number of anilines is 1. The number of carbonyl (C=O) groups is 2. The molecule has 0 saturated heterocycles. The summed E-state index contributed by atoms with van der Waals surface area (Å²) in [4.78, 5) is 27.2.